The molecule has 102 valence electrons. The van der Waals surface area contributed by atoms with Gasteiger partial charge in [0.2, 0.25) is 0 Å². The second-order valence-electron chi connectivity index (χ2n) is 5.26. The highest BCUT2D eigenvalue weighted by Crippen LogP contribution is 2.37. The SMILES string of the molecule is COC1(Cn2c(CO)nc3cc(N)ccc32)CCC1. The fraction of sp³-hybridized carbons (Fsp3) is 0.500. The number of imidazole rings is 1. The van der Waals surface area contributed by atoms with E-state index in [0.29, 0.717) is 11.5 Å². The van der Waals surface area contributed by atoms with Gasteiger partial charge in [-0.1, -0.05) is 0 Å². The Morgan fingerprint density at radius 3 is 2.84 bits per heavy atom. The van der Waals surface area contributed by atoms with Crippen molar-refractivity contribution in [1.82, 2.24) is 9.55 Å². The van der Waals surface area contributed by atoms with Crippen LogP contribution in [-0.2, 0) is 17.9 Å². The molecule has 5 nitrogen and oxygen atoms in total. The average molecular weight is 261 g/mol. The normalized spacial score (nSPS) is 17.6. The van der Waals surface area contributed by atoms with Gasteiger partial charge < -0.3 is 20.1 Å². The Morgan fingerprint density at radius 1 is 1.47 bits per heavy atom. The zero-order chi connectivity index (χ0) is 13.5. The largest absolute Gasteiger partial charge is 0.399 e. The van der Waals surface area contributed by atoms with E-state index in [1.165, 1.54) is 6.42 Å². The molecule has 1 heterocycles. The first-order valence-corrected chi connectivity index (χ1v) is 6.58. The summed E-state index contributed by atoms with van der Waals surface area (Å²) in [6, 6.07) is 5.66. The number of anilines is 1. The number of nitrogens with two attached hydrogens (primary N) is 1. The molecule has 1 fully saturated rings. The van der Waals surface area contributed by atoms with Crippen molar-refractivity contribution in [3.8, 4) is 0 Å². The maximum absolute atomic E-state index is 9.49. The van der Waals surface area contributed by atoms with Crippen molar-refractivity contribution in [3.05, 3.63) is 24.0 Å². The van der Waals surface area contributed by atoms with E-state index < -0.39 is 0 Å². The number of nitrogen functional groups attached to an aromatic ring is 1. The van der Waals surface area contributed by atoms with Crippen LogP contribution in [0.2, 0.25) is 0 Å². The number of ether oxygens (including phenoxy) is 1. The van der Waals surface area contributed by atoms with Crippen molar-refractivity contribution in [1.29, 1.82) is 0 Å². The van der Waals surface area contributed by atoms with Gasteiger partial charge in [0.25, 0.3) is 0 Å². The Hall–Kier alpha value is -1.59. The maximum atomic E-state index is 9.49. The van der Waals surface area contributed by atoms with Gasteiger partial charge in [-0.05, 0) is 37.5 Å². The minimum atomic E-state index is -0.0983. The third-order valence-corrected chi connectivity index (χ3v) is 4.14. The zero-order valence-electron chi connectivity index (χ0n) is 11.1. The number of nitrogens with zero attached hydrogens (tertiary/aromatic N) is 2. The minimum absolute atomic E-state index is 0.0750. The van der Waals surface area contributed by atoms with Gasteiger partial charge in [0.05, 0.1) is 23.2 Å². The van der Waals surface area contributed by atoms with Crippen LogP contribution < -0.4 is 5.73 Å². The lowest BCUT2D eigenvalue weighted by atomic mass is 9.80. The zero-order valence-corrected chi connectivity index (χ0v) is 11.1. The van der Waals surface area contributed by atoms with Crippen LogP contribution in [0, 0.1) is 0 Å². The maximum Gasteiger partial charge on any atom is 0.135 e. The fourth-order valence-corrected chi connectivity index (χ4v) is 2.78. The molecule has 1 aromatic heterocycles. The standard InChI is InChI=1S/C14H19N3O2/c1-19-14(5-2-6-14)9-17-12-4-3-10(15)7-11(12)16-13(17)8-18/h3-4,7,18H,2,5-6,8-9,15H2,1H3. The highest BCUT2D eigenvalue weighted by Gasteiger charge is 2.38. The molecule has 1 aromatic carbocycles. The van der Waals surface area contributed by atoms with Crippen molar-refractivity contribution in [3.63, 3.8) is 0 Å². The molecule has 3 N–H and O–H groups in total. The van der Waals surface area contributed by atoms with Gasteiger partial charge in [-0.15, -0.1) is 0 Å². The molecule has 1 aliphatic carbocycles. The van der Waals surface area contributed by atoms with Crippen LogP contribution in [0.3, 0.4) is 0 Å². The molecule has 0 atom stereocenters. The first kappa shape index (κ1) is 12.4. The number of methoxy groups -OCH3 is 1. The summed E-state index contributed by atoms with van der Waals surface area (Å²) < 4.78 is 7.72. The number of aromatic nitrogens is 2. The van der Waals surface area contributed by atoms with E-state index in [0.717, 1.165) is 30.4 Å². The van der Waals surface area contributed by atoms with E-state index in [1.54, 1.807) is 7.11 Å². The average Bonchev–Trinajstić information content (AvgIpc) is 2.70. The molecule has 3 rings (SSSR count). The van der Waals surface area contributed by atoms with Crippen molar-refractivity contribution in [2.75, 3.05) is 12.8 Å². The third-order valence-electron chi connectivity index (χ3n) is 4.14. The lowest BCUT2D eigenvalue weighted by Crippen LogP contribution is -2.43. The summed E-state index contributed by atoms with van der Waals surface area (Å²) in [6.45, 7) is 0.661. The van der Waals surface area contributed by atoms with E-state index >= 15 is 0 Å². The monoisotopic (exact) mass is 261 g/mol. The molecule has 19 heavy (non-hydrogen) atoms. The predicted molar refractivity (Wildman–Crippen MR) is 73.7 cm³/mol. The number of hydrogen-bond acceptors (Lipinski definition) is 4. The van der Waals surface area contributed by atoms with Gasteiger partial charge >= 0.3 is 0 Å². The van der Waals surface area contributed by atoms with E-state index in [4.69, 9.17) is 10.5 Å². The number of rotatable bonds is 4. The van der Waals surface area contributed by atoms with Crippen molar-refractivity contribution in [2.45, 2.75) is 38.0 Å². The minimum Gasteiger partial charge on any atom is -0.399 e. The lowest BCUT2D eigenvalue weighted by molar-refractivity contribution is -0.0835. The fourth-order valence-electron chi connectivity index (χ4n) is 2.78. The third kappa shape index (κ3) is 1.99. The Bertz CT molecular complexity index is 596. The number of aliphatic hydroxyl groups is 1. The summed E-state index contributed by atoms with van der Waals surface area (Å²) in [5.41, 5.74) is 8.20. The highest BCUT2D eigenvalue weighted by atomic mass is 16.5. The van der Waals surface area contributed by atoms with Gasteiger partial charge in [-0.2, -0.15) is 0 Å². The summed E-state index contributed by atoms with van der Waals surface area (Å²) in [7, 11) is 1.76. The highest BCUT2D eigenvalue weighted by molar-refractivity contribution is 5.79. The number of hydrogen-bond donors (Lipinski definition) is 2. The van der Waals surface area contributed by atoms with Crippen LogP contribution in [0.15, 0.2) is 18.2 Å². The van der Waals surface area contributed by atoms with Crippen LogP contribution in [0.4, 0.5) is 5.69 Å². The van der Waals surface area contributed by atoms with Crippen LogP contribution in [0.25, 0.3) is 11.0 Å². The van der Waals surface area contributed by atoms with E-state index in [9.17, 15) is 5.11 Å². The van der Waals surface area contributed by atoms with Gasteiger partial charge in [0.15, 0.2) is 0 Å². The molecule has 0 radical (unpaired) electrons. The Balaban J connectivity index is 2.05. The molecule has 0 unspecified atom stereocenters. The molecule has 0 saturated heterocycles. The van der Waals surface area contributed by atoms with E-state index in [-0.39, 0.29) is 12.2 Å². The van der Waals surface area contributed by atoms with Crippen LogP contribution in [-0.4, -0.2) is 27.4 Å². The van der Waals surface area contributed by atoms with Gasteiger partial charge in [-0.25, -0.2) is 4.98 Å². The Labute approximate surface area is 112 Å². The van der Waals surface area contributed by atoms with Crippen molar-refractivity contribution < 1.29 is 9.84 Å². The molecule has 1 saturated carbocycles. The smallest absolute Gasteiger partial charge is 0.135 e. The van der Waals surface area contributed by atoms with Crippen LogP contribution in [0.5, 0.6) is 0 Å². The second kappa shape index (κ2) is 4.51. The van der Waals surface area contributed by atoms with Crippen LogP contribution in [0.1, 0.15) is 25.1 Å². The topological polar surface area (TPSA) is 73.3 Å². The summed E-state index contributed by atoms with van der Waals surface area (Å²) in [6.07, 6.45) is 3.31. The number of fused-ring (bicyclic) bond motifs is 1. The molecular weight excluding hydrogens is 242 g/mol. The first-order chi connectivity index (χ1) is 9.17. The quantitative estimate of drug-likeness (QED) is 0.821. The van der Waals surface area contributed by atoms with Gasteiger partial charge in [-0.3, -0.25) is 0 Å². The summed E-state index contributed by atoms with van der Waals surface area (Å²) in [5, 5.41) is 9.49. The summed E-state index contributed by atoms with van der Waals surface area (Å²) in [4.78, 5) is 4.45. The number of aliphatic hydroxyl groups excluding tert-OH is 1. The lowest BCUT2D eigenvalue weighted by Gasteiger charge is -2.41. The van der Waals surface area contributed by atoms with Crippen molar-refractivity contribution >= 4 is 16.7 Å². The molecule has 5 heteroatoms. The van der Waals surface area contributed by atoms with E-state index in [2.05, 4.69) is 9.55 Å². The molecule has 0 bridgehead atoms. The molecule has 2 aromatic rings. The van der Waals surface area contributed by atoms with Crippen molar-refractivity contribution in [2.24, 2.45) is 0 Å². The van der Waals surface area contributed by atoms with E-state index in [1.807, 2.05) is 18.2 Å². The second-order valence-corrected chi connectivity index (χ2v) is 5.26. The summed E-state index contributed by atoms with van der Waals surface area (Å²) >= 11 is 0. The van der Waals surface area contributed by atoms with Gasteiger partial charge in [0, 0.05) is 12.8 Å². The number of benzene rings is 1. The first-order valence-electron chi connectivity index (χ1n) is 6.58. The molecule has 0 spiro atoms. The predicted octanol–water partition coefficient (Wildman–Crippen LogP) is 1.68. The molecular formula is C14H19N3O2. The summed E-state index contributed by atoms with van der Waals surface area (Å²) in [5.74, 6) is 0.670. The Morgan fingerprint density at radius 2 is 2.26 bits per heavy atom. The molecule has 0 aliphatic heterocycles. The van der Waals surface area contributed by atoms with Gasteiger partial charge in [0.1, 0.15) is 12.4 Å². The van der Waals surface area contributed by atoms with Crippen LogP contribution >= 0.6 is 0 Å². The molecule has 0 amide bonds. The Kier molecular flexibility index (Phi) is 2.95. The molecule has 1 aliphatic rings.